The second kappa shape index (κ2) is 9.11. The van der Waals surface area contributed by atoms with Gasteiger partial charge in [0.15, 0.2) is 6.61 Å². The first-order chi connectivity index (χ1) is 13.1. The highest BCUT2D eigenvalue weighted by molar-refractivity contribution is 5.55. The first-order valence-electron chi connectivity index (χ1n) is 8.58. The summed E-state index contributed by atoms with van der Waals surface area (Å²) in [4.78, 5) is 7.03. The Bertz CT molecular complexity index is 777. The molecule has 0 fully saturated rings. The van der Waals surface area contributed by atoms with Crippen molar-refractivity contribution in [1.29, 1.82) is 0 Å². The third kappa shape index (κ3) is 6.90. The molecule has 2 rings (SSSR count). The van der Waals surface area contributed by atoms with Gasteiger partial charge in [-0.25, -0.2) is 4.98 Å². The molecule has 0 spiro atoms. The van der Waals surface area contributed by atoms with E-state index in [-0.39, 0.29) is 5.95 Å². The minimum absolute atomic E-state index is 0.295. The molecule has 10 heteroatoms. The van der Waals surface area contributed by atoms with Crippen LogP contribution >= 0.6 is 0 Å². The van der Waals surface area contributed by atoms with E-state index in [2.05, 4.69) is 26.9 Å². The maximum absolute atomic E-state index is 13.0. The lowest BCUT2D eigenvalue weighted by Gasteiger charge is -2.15. The van der Waals surface area contributed by atoms with Gasteiger partial charge in [0.25, 0.3) is 0 Å². The summed E-state index contributed by atoms with van der Waals surface area (Å²) in [6.45, 7) is 0.192. The number of anilines is 2. The SMILES string of the molecule is CCCCCc1cccc(Nc2ncc(C(F)(F)F)c(OCC(F)(F)F)n2)c1. The predicted molar refractivity (Wildman–Crippen MR) is 91.5 cm³/mol. The van der Waals surface area contributed by atoms with E-state index in [0.717, 1.165) is 31.2 Å². The van der Waals surface area contributed by atoms with Crippen molar-refractivity contribution in [2.75, 3.05) is 11.9 Å². The molecule has 0 amide bonds. The van der Waals surface area contributed by atoms with Crippen LogP contribution in [0.5, 0.6) is 5.88 Å². The number of aromatic nitrogens is 2. The molecule has 154 valence electrons. The van der Waals surface area contributed by atoms with Crippen LogP contribution in [0.2, 0.25) is 0 Å². The number of hydrogen-bond acceptors (Lipinski definition) is 4. The number of aryl methyl sites for hydroxylation is 1. The van der Waals surface area contributed by atoms with E-state index in [9.17, 15) is 26.3 Å². The minimum atomic E-state index is -4.95. The molecule has 0 bridgehead atoms. The van der Waals surface area contributed by atoms with Gasteiger partial charge in [-0.15, -0.1) is 0 Å². The van der Waals surface area contributed by atoms with E-state index >= 15 is 0 Å². The normalized spacial score (nSPS) is 12.1. The monoisotopic (exact) mass is 407 g/mol. The van der Waals surface area contributed by atoms with Crippen molar-refractivity contribution in [3.05, 3.63) is 41.6 Å². The molecule has 0 radical (unpaired) electrons. The minimum Gasteiger partial charge on any atom is -0.467 e. The number of unbranched alkanes of at least 4 members (excludes halogenated alkanes) is 2. The van der Waals surface area contributed by atoms with E-state index in [1.807, 2.05) is 6.07 Å². The fourth-order valence-electron chi connectivity index (χ4n) is 2.39. The van der Waals surface area contributed by atoms with Gasteiger partial charge in [-0.3, -0.25) is 0 Å². The van der Waals surface area contributed by atoms with Crippen molar-refractivity contribution >= 4 is 11.6 Å². The third-order valence-electron chi connectivity index (χ3n) is 3.68. The summed E-state index contributed by atoms with van der Waals surface area (Å²) in [5.41, 5.74) is 0.0463. The summed E-state index contributed by atoms with van der Waals surface area (Å²) in [6, 6.07) is 7.11. The van der Waals surface area contributed by atoms with Crippen molar-refractivity contribution < 1.29 is 31.1 Å². The van der Waals surface area contributed by atoms with Gasteiger partial charge in [0.05, 0.1) is 0 Å². The van der Waals surface area contributed by atoms with Gasteiger partial charge in [0.2, 0.25) is 11.8 Å². The summed E-state index contributed by atoms with van der Waals surface area (Å²) in [5.74, 6) is -1.47. The fourth-order valence-corrected chi connectivity index (χ4v) is 2.39. The standard InChI is InChI=1S/C18H19F6N3O/c1-2-3-4-6-12-7-5-8-13(9-12)26-16-25-10-14(18(22,23)24)15(27-16)28-11-17(19,20)21/h5,7-10H,2-4,6,11H2,1H3,(H,25,26,27). The van der Waals surface area contributed by atoms with Crippen LogP contribution in [-0.4, -0.2) is 22.8 Å². The highest BCUT2D eigenvalue weighted by atomic mass is 19.4. The predicted octanol–water partition coefficient (Wildman–Crippen LogP) is 5.91. The number of nitrogens with one attached hydrogen (secondary N) is 1. The van der Waals surface area contributed by atoms with Crippen LogP contribution in [0.25, 0.3) is 0 Å². The number of halogens is 6. The number of ether oxygens (including phenoxy) is 1. The second-order valence-electron chi connectivity index (χ2n) is 6.10. The van der Waals surface area contributed by atoms with Crippen molar-refractivity contribution in [1.82, 2.24) is 9.97 Å². The highest BCUT2D eigenvalue weighted by Crippen LogP contribution is 2.36. The van der Waals surface area contributed by atoms with E-state index in [1.54, 1.807) is 18.2 Å². The molecule has 1 aromatic carbocycles. The zero-order chi connectivity index (χ0) is 20.8. The van der Waals surface area contributed by atoms with E-state index < -0.39 is 30.4 Å². The lowest BCUT2D eigenvalue weighted by atomic mass is 10.1. The summed E-state index contributed by atoms with van der Waals surface area (Å²) in [7, 11) is 0. The molecule has 0 saturated heterocycles. The molecular formula is C18H19F6N3O. The van der Waals surface area contributed by atoms with Crippen LogP contribution in [0.4, 0.5) is 38.0 Å². The Morgan fingerprint density at radius 1 is 1.07 bits per heavy atom. The Labute approximate surface area is 158 Å². The zero-order valence-corrected chi connectivity index (χ0v) is 15.0. The lowest BCUT2D eigenvalue weighted by molar-refractivity contribution is -0.159. The highest BCUT2D eigenvalue weighted by Gasteiger charge is 2.38. The van der Waals surface area contributed by atoms with Crippen LogP contribution < -0.4 is 10.1 Å². The first kappa shape index (κ1) is 21.8. The quantitative estimate of drug-likeness (QED) is 0.436. The summed E-state index contributed by atoms with van der Waals surface area (Å²) in [6.07, 6.45) is -5.39. The van der Waals surface area contributed by atoms with Crippen LogP contribution in [0.1, 0.15) is 37.3 Å². The largest absolute Gasteiger partial charge is 0.467 e. The summed E-state index contributed by atoms with van der Waals surface area (Å²) in [5, 5.41) is 2.70. The zero-order valence-electron chi connectivity index (χ0n) is 15.0. The molecule has 28 heavy (non-hydrogen) atoms. The van der Waals surface area contributed by atoms with Crippen molar-refractivity contribution in [2.24, 2.45) is 0 Å². The molecule has 0 aliphatic carbocycles. The Kier molecular flexibility index (Phi) is 7.09. The number of alkyl halides is 6. The maximum Gasteiger partial charge on any atom is 0.423 e. The Morgan fingerprint density at radius 3 is 2.46 bits per heavy atom. The molecule has 1 N–H and O–H groups in total. The molecule has 0 aliphatic rings. The van der Waals surface area contributed by atoms with Gasteiger partial charge in [0.1, 0.15) is 5.56 Å². The molecular weight excluding hydrogens is 388 g/mol. The van der Waals surface area contributed by atoms with Gasteiger partial charge >= 0.3 is 12.4 Å². The Hall–Kier alpha value is -2.52. The first-order valence-corrected chi connectivity index (χ1v) is 8.58. The fraction of sp³-hybridized carbons (Fsp3) is 0.444. The van der Waals surface area contributed by atoms with E-state index in [0.29, 0.717) is 11.9 Å². The average Bonchev–Trinajstić information content (AvgIpc) is 2.59. The van der Waals surface area contributed by atoms with Crippen LogP contribution in [0.15, 0.2) is 30.5 Å². The number of benzene rings is 1. The second-order valence-corrected chi connectivity index (χ2v) is 6.10. The summed E-state index contributed by atoms with van der Waals surface area (Å²) < 4.78 is 80.1. The van der Waals surface area contributed by atoms with Crippen LogP contribution in [-0.2, 0) is 12.6 Å². The maximum atomic E-state index is 13.0. The average molecular weight is 407 g/mol. The molecule has 2 aromatic rings. The van der Waals surface area contributed by atoms with Crippen molar-refractivity contribution in [3.63, 3.8) is 0 Å². The smallest absolute Gasteiger partial charge is 0.423 e. The molecule has 0 saturated carbocycles. The molecule has 1 heterocycles. The number of nitrogens with zero attached hydrogens (tertiary/aromatic N) is 2. The summed E-state index contributed by atoms with van der Waals surface area (Å²) >= 11 is 0. The van der Waals surface area contributed by atoms with E-state index in [1.165, 1.54) is 0 Å². The Balaban J connectivity index is 2.20. The van der Waals surface area contributed by atoms with Gasteiger partial charge in [-0.1, -0.05) is 31.9 Å². The molecule has 0 atom stereocenters. The third-order valence-corrected chi connectivity index (χ3v) is 3.68. The van der Waals surface area contributed by atoms with Gasteiger partial charge < -0.3 is 10.1 Å². The van der Waals surface area contributed by atoms with Crippen LogP contribution in [0, 0.1) is 0 Å². The van der Waals surface area contributed by atoms with Gasteiger partial charge in [0, 0.05) is 11.9 Å². The van der Waals surface area contributed by atoms with Gasteiger partial charge in [-0.05, 0) is 30.5 Å². The number of hydrogen-bond donors (Lipinski definition) is 1. The van der Waals surface area contributed by atoms with E-state index in [4.69, 9.17) is 0 Å². The van der Waals surface area contributed by atoms with Crippen LogP contribution in [0.3, 0.4) is 0 Å². The Morgan fingerprint density at radius 2 is 1.82 bits per heavy atom. The van der Waals surface area contributed by atoms with Crippen molar-refractivity contribution in [3.8, 4) is 5.88 Å². The molecule has 0 unspecified atom stereocenters. The molecule has 4 nitrogen and oxygen atoms in total. The molecule has 0 aliphatic heterocycles. The van der Waals surface area contributed by atoms with Gasteiger partial charge in [-0.2, -0.15) is 31.3 Å². The van der Waals surface area contributed by atoms with Crippen molar-refractivity contribution in [2.45, 2.75) is 45.0 Å². The lowest BCUT2D eigenvalue weighted by Crippen LogP contribution is -2.22. The topological polar surface area (TPSA) is 47.0 Å². The molecule has 1 aromatic heterocycles. The number of rotatable bonds is 8.